The van der Waals surface area contributed by atoms with Crippen molar-refractivity contribution in [3.63, 3.8) is 0 Å². The number of amides is 3. The average Bonchev–Trinajstić information content (AvgIpc) is 1.34. The van der Waals surface area contributed by atoms with Crippen molar-refractivity contribution in [1.82, 2.24) is 25.1 Å². The van der Waals surface area contributed by atoms with Crippen LogP contribution in [0.1, 0.15) is 115 Å². The van der Waals surface area contributed by atoms with E-state index in [-0.39, 0.29) is 13.2 Å². The highest BCUT2D eigenvalue weighted by Crippen LogP contribution is 2.48. The third-order valence-corrected chi connectivity index (χ3v) is 20.5. The summed E-state index contributed by atoms with van der Waals surface area (Å²) in [4.78, 5) is 89.6. The van der Waals surface area contributed by atoms with E-state index >= 15 is 9.59 Å². The molecule has 22 nitrogen and oxygen atoms in total. The van der Waals surface area contributed by atoms with Gasteiger partial charge in [-0.15, -0.1) is 6.58 Å². The van der Waals surface area contributed by atoms with Crippen molar-refractivity contribution in [1.29, 1.82) is 0 Å². The number of esters is 1. The topological polar surface area (TPSA) is 252 Å². The molecule has 8 rings (SSSR count). The van der Waals surface area contributed by atoms with E-state index < -0.39 is 145 Å². The summed E-state index contributed by atoms with van der Waals surface area (Å²) in [6.07, 6.45) is -11.0. The Labute approximate surface area is 503 Å². The molecule has 0 unspecified atom stereocenters. The van der Waals surface area contributed by atoms with Crippen molar-refractivity contribution in [2.75, 3.05) is 13.6 Å². The number of nitrogens with one attached hydrogen (secondary N) is 3. The van der Waals surface area contributed by atoms with Crippen LogP contribution < -0.4 is 32.3 Å². The predicted molar refractivity (Wildman–Crippen MR) is 319 cm³/mol. The molecule has 23 heteroatoms. The van der Waals surface area contributed by atoms with Gasteiger partial charge in [-0.25, -0.2) is 19.2 Å². The Kier molecular flexibility index (Phi) is 19.8. The summed E-state index contributed by atoms with van der Waals surface area (Å²) >= 11 is 0. The molecule has 4 aromatic rings. The Bertz CT molecular complexity index is 3080. The third-order valence-electron chi connectivity index (χ3n) is 15.5. The number of likely N-dealkylation sites (N-methyl/N-ethyl adjacent to an activating group) is 1. The van der Waals surface area contributed by atoms with Gasteiger partial charge in [-0.05, 0) is 89.2 Å². The Morgan fingerprint density at radius 2 is 1.33 bits per heavy atom. The smallest absolute Gasteiger partial charge is 0.408 e. The lowest BCUT2D eigenvalue weighted by Crippen LogP contribution is -2.70. The molecule has 3 aromatic carbocycles. The summed E-state index contributed by atoms with van der Waals surface area (Å²) in [7, 11) is -2.21. The van der Waals surface area contributed by atoms with Gasteiger partial charge in [0.25, 0.3) is 13.9 Å². The molecule has 12 atom stereocenters. The molecule has 3 amide bonds. The highest BCUT2D eigenvalue weighted by molar-refractivity contribution is 6.99. The van der Waals surface area contributed by atoms with Gasteiger partial charge in [0.1, 0.15) is 66.6 Å². The predicted octanol–water partition coefficient (Wildman–Crippen LogP) is 6.48. The average molecular weight is 1210 g/mol. The maximum Gasteiger partial charge on any atom is 0.408 e. The molecule has 4 aliphatic heterocycles. The number of carbonyl (C=O) groups is 4. The Balaban J connectivity index is 1.30. The molecule has 0 aliphatic carbocycles. The van der Waals surface area contributed by atoms with Gasteiger partial charge in [-0.1, -0.05) is 132 Å². The van der Waals surface area contributed by atoms with Gasteiger partial charge >= 0.3 is 23.8 Å². The fourth-order valence-corrected chi connectivity index (χ4v) is 16.3. The molecule has 0 bridgehead atoms. The maximum absolute atomic E-state index is 16.6. The van der Waals surface area contributed by atoms with E-state index in [0.29, 0.717) is 18.4 Å². The lowest BCUT2D eigenvalue weighted by molar-refractivity contribution is -0.275. The maximum atomic E-state index is 16.6. The van der Waals surface area contributed by atoms with Crippen molar-refractivity contribution in [3.05, 3.63) is 142 Å². The number of H-pyrrole nitrogens is 1. The van der Waals surface area contributed by atoms with Crippen LogP contribution in [-0.2, 0) is 68.0 Å². The summed E-state index contributed by atoms with van der Waals surface area (Å²) in [6.45, 7) is 27.4. The van der Waals surface area contributed by atoms with Crippen molar-refractivity contribution in [2.24, 2.45) is 0 Å². The van der Waals surface area contributed by atoms with Crippen LogP contribution in [0.5, 0.6) is 0 Å². The van der Waals surface area contributed by atoms with Crippen LogP contribution in [0.4, 0.5) is 9.59 Å². The van der Waals surface area contributed by atoms with E-state index in [0.717, 1.165) is 25.9 Å². The van der Waals surface area contributed by atoms with E-state index in [1.165, 1.54) is 19.3 Å². The molecule has 468 valence electrons. The SMILES string of the molecule is C=C[C@H](O[Si](c1ccccc1)(c1ccccc1)C(C)(C)C)[C@@H](C(=O)OC(C)(C)C)N(C)C(=O)[C@@H](NC(=O)OCc1ccccc1)[C@H](O[C@@H]1O[C@H](CNC(=O)OC(C)(C)C)[C@H]2OC(CC)(CC)O[C@@H]12)[C@H]1O[C@@H](n2ccc(=O)[nH]c2=O)[C@@H]2OC(C)(C)O[C@H]12. The molecule has 0 spiro atoms. The lowest BCUT2D eigenvalue weighted by atomic mass is 9.97. The summed E-state index contributed by atoms with van der Waals surface area (Å²) in [6, 6.07) is 25.9. The number of aromatic amines is 1. The number of ether oxygens (including phenoxy) is 10. The molecule has 1 aromatic heterocycles. The molecule has 0 saturated carbocycles. The van der Waals surface area contributed by atoms with Crippen LogP contribution >= 0.6 is 0 Å². The first kappa shape index (κ1) is 65.4. The third kappa shape index (κ3) is 14.5. The minimum atomic E-state index is -3.59. The van der Waals surface area contributed by atoms with Crippen molar-refractivity contribution >= 4 is 42.8 Å². The van der Waals surface area contributed by atoms with E-state index in [1.807, 2.05) is 80.6 Å². The van der Waals surface area contributed by atoms with Gasteiger partial charge in [-0.3, -0.25) is 19.1 Å². The molecule has 4 fully saturated rings. The van der Waals surface area contributed by atoms with E-state index in [1.54, 1.807) is 79.7 Å². The van der Waals surface area contributed by atoms with Crippen molar-refractivity contribution < 1.29 is 71.0 Å². The van der Waals surface area contributed by atoms with Crippen LogP contribution in [0, 0.1) is 0 Å². The Morgan fingerprint density at radius 3 is 1.87 bits per heavy atom. The van der Waals surface area contributed by atoms with E-state index in [2.05, 4.69) is 43.0 Å². The zero-order valence-corrected chi connectivity index (χ0v) is 52.7. The number of fused-ring (bicyclic) bond motifs is 2. The summed E-state index contributed by atoms with van der Waals surface area (Å²) in [5.41, 5.74) is -2.86. The number of alkyl carbamates (subject to hydrolysis) is 2. The molecule has 3 N–H and O–H groups in total. The van der Waals surface area contributed by atoms with Crippen LogP contribution in [0.15, 0.2) is 126 Å². The second kappa shape index (κ2) is 26.0. The number of hydrogen-bond donors (Lipinski definition) is 3. The Morgan fingerprint density at radius 1 is 0.756 bits per heavy atom. The van der Waals surface area contributed by atoms with Crippen molar-refractivity contribution in [3.8, 4) is 0 Å². The van der Waals surface area contributed by atoms with Crippen LogP contribution in [0.25, 0.3) is 0 Å². The first-order chi connectivity index (χ1) is 40.4. The summed E-state index contributed by atoms with van der Waals surface area (Å²) in [5.74, 6) is -4.35. The second-order valence-corrected chi connectivity index (χ2v) is 29.7. The molecule has 86 heavy (non-hydrogen) atoms. The van der Waals surface area contributed by atoms with Gasteiger partial charge in [0, 0.05) is 25.9 Å². The number of nitrogens with zero attached hydrogens (tertiary/aromatic N) is 2. The normalized spacial score (nSPS) is 24.7. The van der Waals surface area contributed by atoms with Gasteiger partial charge in [0.2, 0.25) is 5.91 Å². The van der Waals surface area contributed by atoms with Gasteiger partial charge in [-0.2, -0.15) is 0 Å². The first-order valence-corrected chi connectivity index (χ1v) is 31.2. The quantitative estimate of drug-likeness (QED) is 0.0349. The minimum absolute atomic E-state index is 0.151. The highest BCUT2D eigenvalue weighted by Gasteiger charge is 2.64. The molecule has 5 heterocycles. The minimum Gasteiger partial charge on any atom is -0.458 e. The molecule has 4 aliphatic rings. The monoisotopic (exact) mass is 1210 g/mol. The van der Waals surface area contributed by atoms with Crippen LogP contribution in [0.3, 0.4) is 0 Å². The van der Waals surface area contributed by atoms with E-state index in [9.17, 15) is 19.2 Å². The number of hydrogen-bond acceptors (Lipinski definition) is 17. The molecular formula is C63H85N5O17Si. The first-order valence-electron chi connectivity index (χ1n) is 29.3. The van der Waals surface area contributed by atoms with Gasteiger partial charge < -0.3 is 67.3 Å². The zero-order valence-electron chi connectivity index (χ0n) is 51.7. The second-order valence-electron chi connectivity index (χ2n) is 25.5. The van der Waals surface area contributed by atoms with Crippen LogP contribution in [0.2, 0.25) is 5.04 Å². The number of carbonyl (C=O) groups excluding carboxylic acids is 4. The van der Waals surface area contributed by atoms with E-state index in [4.69, 9.17) is 51.8 Å². The fraction of sp³-hybridized carbons (Fsp3) is 0.556. The number of aromatic nitrogens is 2. The lowest BCUT2D eigenvalue weighted by Gasteiger charge is -2.47. The summed E-state index contributed by atoms with van der Waals surface area (Å²) in [5, 5.41) is 6.68. The molecule has 4 saturated heterocycles. The van der Waals surface area contributed by atoms with Gasteiger partial charge in [0.15, 0.2) is 30.1 Å². The largest absolute Gasteiger partial charge is 0.458 e. The summed E-state index contributed by atoms with van der Waals surface area (Å²) < 4.78 is 73.8. The van der Waals surface area contributed by atoms with Crippen molar-refractivity contribution in [2.45, 2.75) is 211 Å². The highest BCUT2D eigenvalue weighted by atomic mass is 28.4. The Hall–Kier alpha value is -6.54. The van der Waals surface area contributed by atoms with Crippen LogP contribution in [-0.4, -0.2) is 150 Å². The zero-order chi connectivity index (χ0) is 62.7. The number of benzene rings is 3. The standard InChI is InChI=1S/C63H85N5O17Si/c1-16-41(85-86(61(10,11)12,39-30-24-20-25-31-39)40-32-26-21-27-33-40)45(54(71)83-59(4,5)6)67(15)52(70)44(66-58(74)75-37-38-28-22-19-23-29-38)47(48-49-50(80-62(13,14)79-49)53(77-48)68-35-34-43(69)65-56(68)72)78-55-51-46(81-63(17-2,18-3)82-51)42(76-55)36-64-57(73)84-60(7,8)9/h16,19-35,41-42,44-51,53,55H,1,17-18,36-37H2,2-15H3,(H,64,73)(H,66,74)(H,65,69,72)/t41-,42+,44-,45-,46+,47-,48+,49+,50+,51+,53+,55-/m0/s1. The number of rotatable bonds is 21. The molecular weight excluding hydrogens is 1130 g/mol. The molecule has 0 radical (unpaired) electrons. The van der Waals surface area contributed by atoms with Gasteiger partial charge in [0.05, 0.1) is 6.10 Å². The fourth-order valence-electron chi connectivity index (χ4n) is 11.6.